The second-order valence-electron chi connectivity index (χ2n) is 3.93. The fraction of sp³-hybridized carbons (Fsp3) is 0.154. The first kappa shape index (κ1) is 12.6. The molecule has 1 atom stereocenters. The van der Waals surface area contributed by atoms with Gasteiger partial charge in [0.05, 0.1) is 6.04 Å². The summed E-state index contributed by atoms with van der Waals surface area (Å²) in [5.74, 6) is 3.67. The van der Waals surface area contributed by atoms with Crippen molar-refractivity contribution in [1.29, 1.82) is 0 Å². The summed E-state index contributed by atoms with van der Waals surface area (Å²) < 4.78 is 26.8. The van der Waals surface area contributed by atoms with E-state index in [2.05, 4.69) is 10.4 Å². The van der Waals surface area contributed by atoms with Gasteiger partial charge in [0.2, 0.25) is 0 Å². The maximum Gasteiger partial charge on any atom is 0.163 e. The maximum absolute atomic E-state index is 13.7. The van der Waals surface area contributed by atoms with E-state index in [1.54, 1.807) is 18.5 Å². The number of benzene rings is 1. The molecule has 0 radical (unpaired) electrons. The van der Waals surface area contributed by atoms with Crippen LogP contribution in [0.4, 0.5) is 8.78 Å². The second-order valence-corrected chi connectivity index (χ2v) is 3.93. The smallest absolute Gasteiger partial charge is 0.163 e. The summed E-state index contributed by atoms with van der Waals surface area (Å²) in [5.41, 5.74) is 3.60. The Hall–Kier alpha value is -1.85. The van der Waals surface area contributed by atoms with Crippen LogP contribution in [0.1, 0.15) is 17.2 Å². The average Bonchev–Trinajstić information content (AvgIpc) is 2.41. The SMILES string of the molecule is NNC(Cc1cccnc1)c1cccc(F)c1F. The van der Waals surface area contributed by atoms with Crippen molar-refractivity contribution >= 4 is 0 Å². The van der Waals surface area contributed by atoms with Gasteiger partial charge in [0.25, 0.3) is 0 Å². The Morgan fingerprint density at radius 2 is 2.06 bits per heavy atom. The molecule has 0 aliphatic rings. The molecule has 0 aliphatic heterocycles. The van der Waals surface area contributed by atoms with Gasteiger partial charge in [0, 0.05) is 18.0 Å². The molecule has 1 unspecified atom stereocenters. The maximum atomic E-state index is 13.7. The highest BCUT2D eigenvalue weighted by Crippen LogP contribution is 2.21. The summed E-state index contributed by atoms with van der Waals surface area (Å²) in [6, 6.07) is 7.20. The lowest BCUT2D eigenvalue weighted by Gasteiger charge is -2.17. The molecule has 0 spiro atoms. The van der Waals surface area contributed by atoms with Crippen LogP contribution in [0.3, 0.4) is 0 Å². The highest BCUT2D eigenvalue weighted by molar-refractivity contribution is 5.24. The van der Waals surface area contributed by atoms with Crippen molar-refractivity contribution in [3.8, 4) is 0 Å². The number of pyridine rings is 1. The molecule has 1 aromatic heterocycles. The number of hydrogen-bond acceptors (Lipinski definition) is 3. The Kier molecular flexibility index (Phi) is 3.96. The van der Waals surface area contributed by atoms with Crippen LogP contribution in [0.25, 0.3) is 0 Å². The number of halogens is 2. The molecule has 94 valence electrons. The van der Waals surface area contributed by atoms with Gasteiger partial charge in [0.15, 0.2) is 11.6 Å². The molecule has 18 heavy (non-hydrogen) atoms. The third-order valence-corrected chi connectivity index (χ3v) is 2.72. The molecule has 5 heteroatoms. The van der Waals surface area contributed by atoms with Crippen molar-refractivity contribution in [1.82, 2.24) is 10.4 Å². The van der Waals surface area contributed by atoms with Gasteiger partial charge in [-0.05, 0) is 24.1 Å². The highest BCUT2D eigenvalue weighted by Gasteiger charge is 2.17. The van der Waals surface area contributed by atoms with Crippen molar-refractivity contribution < 1.29 is 8.78 Å². The molecule has 3 nitrogen and oxygen atoms in total. The molecule has 0 fully saturated rings. The van der Waals surface area contributed by atoms with E-state index in [0.717, 1.165) is 11.6 Å². The summed E-state index contributed by atoms with van der Waals surface area (Å²) in [7, 11) is 0. The van der Waals surface area contributed by atoms with Gasteiger partial charge in [-0.1, -0.05) is 18.2 Å². The van der Waals surface area contributed by atoms with Gasteiger partial charge in [-0.3, -0.25) is 16.3 Å². The summed E-state index contributed by atoms with van der Waals surface area (Å²) in [6.07, 6.45) is 3.75. The van der Waals surface area contributed by atoms with Crippen LogP contribution in [0.5, 0.6) is 0 Å². The largest absolute Gasteiger partial charge is 0.271 e. The summed E-state index contributed by atoms with van der Waals surface area (Å²) in [5, 5.41) is 0. The molecule has 2 rings (SSSR count). The fourth-order valence-corrected chi connectivity index (χ4v) is 1.80. The summed E-state index contributed by atoms with van der Waals surface area (Å²) >= 11 is 0. The van der Waals surface area contributed by atoms with Crippen molar-refractivity contribution in [3.05, 3.63) is 65.5 Å². The van der Waals surface area contributed by atoms with Crippen molar-refractivity contribution in [2.24, 2.45) is 5.84 Å². The zero-order valence-electron chi connectivity index (χ0n) is 9.61. The lowest BCUT2D eigenvalue weighted by molar-refractivity contribution is 0.464. The molecular weight excluding hydrogens is 236 g/mol. The fourth-order valence-electron chi connectivity index (χ4n) is 1.80. The van der Waals surface area contributed by atoms with E-state index in [4.69, 9.17) is 5.84 Å². The van der Waals surface area contributed by atoms with Gasteiger partial charge in [-0.2, -0.15) is 0 Å². The van der Waals surface area contributed by atoms with Gasteiger partial charge in [-0.25, -0.2) is 8.78 Å². The van der Waals surface area contributed by atoms with E-state index in [-0.39, 0.29) is 5.56 Å². The Morgan fingerprint density at radius 1 is 1.22 bits per heavy atom. The minimum absolute atomic E-state index is 0.210. The third-order valence-electron chi connectivity index (χ3n) is 2.72. The Balaban J connectivity index is 2.26. The van der Waals surface area contributed by atoms with Crippen LogP contribution >= 0.6 is 0 Å². The number of hydrogen-bond donors (Lipinski definition) is 2. The van der Waals surface area contributed by atoms with Gasteiger partial charge in [0.1, 0.15) is 0 Å². The minimum Gasteiger partial charge on any atom is -0.271 e. The van der Waals surface area contributed by atoms with Gasteiger partial charge in [-0.15, -0.1) is 0 Å². The molecule has 1 heterocycles. The van der Waals surface area contributed by atoms with Crippen molar-refractivity contribution in [2.45, 2.75) is 12.5 Å². The summed E-state index contributed by atoms with van der Waals surface area (Å²) in [6.45, 7) is 0. The highest BCUT2D eigenvalue weighted by atomic mass is 19.2. The first-order valence-electron chi connectivity index (χ1n) is 5.51. The van der Waals surface area contributed by atoms with Crippen LogP contribution < -0.4 is 11.3 Å². The number of hydrazine groups is 1. The monoisotopic (exact) mass is 249 g/mol. The average molecular weight is 249 g/mol. The number of aromatic nitrogens is 1. The molecule has 0 amide bonds. The topological polar surface area (TPSA) is 50.9 Å². The quantitative estimate of drug-likeness (QED) is 0.644. The first-order valence-corrected chi connectivity index (χ1v) is 5.51. The molecule has 2 aromatic rings. The van der Waals surface area contributed by atoms with Gasteiger partial charge < -0.3 is 0 Å². The number of rotatable bonds is 4. The van der Waals surface area contributed by atoms with Gasteiger partial charge >= 0.3 is 0 Å². The predicted molar refractivity (Wildman–Crippen MR) is 64.4 cm³/mol. The molecule has 0 saturated heterocycles. The molecule has 0 saturated carbocycles. The van der Waals surface area contributed by atoms with E-state index in [0.29, 0.717) is 6.42 Å². The van der Waals surface area contributed by atoms with E-state index in [1.165, 1.54) is 12.1 Å². The minimum atomic E-state index is -0.876. The van der Waals surface area contributed by atoms with E-state index in [9.17, 15) is 8.78 Å². The Labute approximate surface area is 104 Å². The first-order chi connectivity index (χ1) is 8.72. The Morgan fingerprint density at radius 3 is 2.72 bits per heavy atom. The van der Waals surface area contributed by atoms with E-state index < -0.39 is 17.7 Å². The standard InChI is InChI=1S/C13H13F2N3/c14-11-5-1-4-10(13(11)15)12(18-16)7-9-3-2-6-17-8-9/h1-6,8,12,18H,7,16H2. The van der Waals surface area contributed by atoms with Crippen molar-refractivity contribution in [3.63, 3.8) is 0 Å². The summed E-state index contributed by atoms with van der Waals surface area (Å²) in [4.78, 5) is 3.97. The normalized spacial score (nSPS) is 12.4. The van der Waals surface area contributed by atoms with Crippen LogP contribution in [0, 0.1) is 11.6 Å². The molecule has 0 bridgehead atoms. The number of nitrogens with zero attached hydrogens (tertiary/aromatic N) is 1. The predicted octanol–water partition coefficient (Wildman–Crippen LogP) is 2.11. The molecule has 3 N–H and O–H groups in total. The lowest BCUT2D eigenvalue weighted by atomic mass is 10.00. The second kappa shape index (κ2) is 5.66. The number of nitrogens with one attached hydrogen (secondary N) is 1. The third kappa shape index (κ3) is 2.69. The van der Waals surface area contributed by atoms with Crippen LogP contribution in [0.15, 0.2) is 42.7 Å². The Bertz CT molecular complexity index is 517. The van der Waals surface area contributed by atoms with E-state index in [1.807, 2.05) is 6.07 Å². The molecule has 1 aromatic carbocycles. The van der Waals surface area contributed by atoms with Crippen LogP contribution in [0.2, 0.25) is 0 Å². The van der Waals surface area contributed by atoms with Crippen LogP contribution in [-0.2, 0) is 6.42 Å². The van der Waals surface area contributed by atoms with E-state index >= 15 is 0 Å². The zero-order chi connectivity index (χ0) is 13.0. The zero-order valence-corrected chi connectivity index (χ0v) is 9.61. The molecule has 0 aliphatic carbocycles. The number of nitrogens with two attached hydrogens (primary N) is 1. The van der Waals surface area contributed by atoms with Crippen molar-refractivity contribution in [2.75, 3.05) is 0 Å². The lowest BCUT2D eigenvalue weighted by Crippen LogP contribution is -2.30. The van der Waals surface area contributed by atoms with Crippen LogP contribution in [-0.4, -0.2) is 4.98 Å². The molecular formula is C13H13F2N3.